The number of imidazole rings is 1. The summed E-state index contributed by atoms with van der Waals surface area (Å²) < 4.78 is 3.63. The van der Waals surface area contributed by atoms with Crippen molar-refractivity contribution in [1.82, 2.24) is 24.5 Å². The van der Waals surface area contributed by atoms with Gasteiger partial charge in [-0.05, 0) is 26.3 Å². The molecule has 0 aliphatic heterocycles. The van der Waals surface area contributed by atoms with Crippen LogP contribution in [-0.4, -0.2) is 25.1 Å². The van der Waals surface area contributed by atoms with Gasteiger partial charge in [0.25, 0.3) is 5.91 Å². The van der Waals surface area contributed by atoms with Crippen LogP contribution in [0.1, 0.15) is 40.3 Å². The summed E-state index contributed by atoms with van der Waals surface area (Å²) in [6.45, 7) is 5.98. The molecule has 0 bridgehead atoms. The predicted octanol–water partition coefficient (Wildman–Crippen LogP) is 3.90. The molecule has 0 spiro atoms. The summed E-state index contributed by atoms with van der Waals surface area (Å²) in [5.41, 5.74) is 5.66. The molecule has 0 aliphatic carbocycles. The lowest BCUT2D eigenvalue weighted by Gasteiger charge is -2.12. The van der Waals surface area contributed by atoms with Crippen molar-refractivity contribution in [2.24, 2.45) is 7.05 Å². The fraction of sp³-hybridized carbons (Fsp3) is 0.250. The number of nitrogens with zero attached hydrogens (tertiary/aromatic N) is 4. The van der Waals surface area contributed by atoms with Crippen LogP contribution in [0.2, 0.25) is 0 Å². The molecule has 0 aliphatic rings. The summed E-state index contributed by atoms with van der Waals surface area (Å²) in [5, 5.41) is 9.27. The second-order valence-electron chi connectivity index (χ2n) is 6.75. The standard InChI is InChI=1S/C20H21N5OS/c1-12-7-5-6-8-15(12)17-10-25-18(11-27-20(25)22-17)19(26)21-13(2)16-9-24(4)23-14(16)3/h5-11,13H,1-4H3,(H,21,26)/t13-/m1/s1. The molecule has 1 atom stereocenters. The van der Waals surface area contributed by atoms with Crippen LogP contribution in [-0.2, 0) is 7.05 Å². The maximum Gasteiger partial charge on any atom is 0.269 e. The van der Waals surface area contributed by atoms with E-state index in [9.17, 15) is 4.79 Å². The van der Waals surface area contributed by atoms with Crippen molar-refractivity contribution >= 4 is 22.2 Å². The van der Waals surface area contributed by atoms with Crippen molar-refractivity contribution in [3.05, 3.63) is 64.6 Å². The van der Waals surface area contributed by atoms with Crippen LogP contribution < -0.4 is 5.32 Å². The lowest BCUT2D eigenvalue weighted by molar-refractivity contribution is 0.0934. The Morgan fingerprint density at radius 2 is 2.00 bits per heavy atom. The largest absolute Gasteiger partial charge is 0.344 e. The first-order valence-electron chi connectivity index (χ1n) is 8.77. The number of hydrogen-bond acceptors (Lipinski definition) is 4. The lowest BCUT2D eigenvalue weighted by Crippen LogP contribution is -2.27. The van der Waals surface area contributed by atoms with Crippen molar-refractivity contribution < 1.29 is 4.79 Å². The number of nitrogens with one attached hydrogen (secondary N) is 1. The molecule has 138 valence electrons. The summed E-state index contributed by atoms with van der Waals surface area (Å²) in [5.74, 6) is -0.120. The number of thiazole rings is 1. The number of hydrogen-bond donors (Lipinski definition) is 1. The minimum absolute atomic E-state index is 0.120. The quantitative estimate of drug-likeness (QED) is 0.585. The fourth-order valence-electron chi connectivity index (χ4n) is 3.33. The molecule has 4 rings (SSSR count). The number of carbonyl (C=O) groups is 1. The Labute approximate surface area is 161 Å². The highest BCUT2D eigenvalue weighted by Gasteiger charge is 2.19. The second-order valence-corrected chi connectivity index (χ2v) is 7.59. The van der Waals surface area contributed by atoms with E-state index in [-0.39, 0.29) is 11.9 Å². The lowest BCUT2D eigenvalue weighted by atomic mass is 10.1. The molecule has 0 fully saturated rings. The number of carbonyl (C=O) groups excluding carboxylic acids is 1. The summed E-state index contributed by atoms with van der Waals surface area (Å²) in [7, 11) is 1.88. The highest BCUT2D eigenvalue weighted by atomic mass is 32.1. The molecular weight excluding hydrogens is 358 g/mol. The summed E-state index contributed by atoms with van der Waals surface area (Å²) >= 11 is 1.47. The van der Waals surface area contributed by atoms with E-state index in [4.69, 9.17) is 0 Å². The van der Waals surface area contributed by atoms with Crippen LogP contribution in [0.5, 0.6) is 0 Å². The second kappa shape index (κ2) is 6.66. The molecule has 1 N–H and O–H groups in total. The number of aryl methyl sites for hydroxylation is 3. The maximum atomic E-state index is 12.9. The van der Waals surface area contributed by atoms with Gasteiger partial charge in [0.05, 0.1) is 17.4 Å². The Hall–Kier alpha value is -2.93. The van der Waals surface area contributed by atoms with E-state index in [1.807, 2.05) is 55.2 Å². The normalized spacial score (nSPS) is 12.4. The summed E-state index contributed by atoms with van der Waals surface area (Å²) in [4.78, 5) is 18.4. The number of aromatic nitrogens is 4. The predicted molar refractivity (Wildman–Crippen MR) is 107 cm³/mol. The Bertz CT molecular complexity index is 1140. The van der Waals surface area contributed by atoms with Crippen LogP contribution in [0.25, 0.3) is 16.2 Å². The molecule has 0 radical (unpaired) electrons. The van der Waals surface area contributed by atoms with E-state index in [2.05, 4.69) is 34.5 Å². The molecule has 6 nitrogen and oxygen atoms in total. The van der Waals surface area contributed by atoms with Crippen molar-refractivity contribution in [3.8, 4) is 11.3 Å². The molecule has 3 heterocycles. The Morgan fingerprint density at radius 1 is 1.22 bits per heavy atom. The van der Waals surface area contributed by atoms with Gasteiger partial charge in [-0.15, -0.1) is 11.3 Å². The highest BCUT2D eigenvalue weighted by molar-refractivity contribution is 7.15. The Kier molecular flexibility index (Phi) is 4.31. The van der Waals surface area contributed by atoms with Gasteiger partial charge in [-0.25, -0.2) is 4.98 Å². The van der Waals surface area contributed by atoms with Gasteiger partial charge in [-0.3, -0.25) is 13.9 Å². The number of rotatable bonds is 4. The Balaban J connectivity index is 1.63. The van der Waals surface area contributed by atoms with Gasteiger partial charge in [0.1, 0.15) is 5.69 Å². The SMILES string of the molecule is Cc1ccccc1-c1cn2c(C(=O)N[C@H](C)c3cn(C)nc3C)csc2n1. The van der Waals surface area contributed by atoms with E-state index < -0.39 is 0 Å². The number of fused-ring (bicyclic) bond motifs is 1. The molecule has 0 saturated carbocycles. The minimum atomic E-state index is -0.125. The number of amides is 1. The molecule has 4 aromatic rings. The van der Waals surface area contributed by atoms with Gasteiger partial charge in [0.15, 0.2) is 4.96 Å². The van der Waals surface area contributed by atoms with Crippen LogP contribution in [0.4, 0.5) is 0 Å². The van der Waals surface area contributed by atoms with E-state index in [0.717, 1.165) is 33.0 Å². The van der Waals surface area contributed by atoms with Gasteiger partial charge in [-0.2, -0.15) is 5.10 Å². The van der Waals surface area contributed by atoms with Crippen LogP contribution >= 0.6 is 11.3 Å². The van der Waals surface area contributed by atoms with Gasteiger partial charge in [-0.1, -0.05) is 24.3 Å². The maximum absolute atomic E-state index is 12.9. The first-order chi connectivity index (χ1) is 12.9. The van der Waals surface area contributed by atoms with Crippen LogP contribution in [0.3, 0.4) is 0 Å². The topological polar surface area (TPSA) is 64.2 Å². The van der Waals surface area contributed by atoms with Gasteiger partial charge in [0, 0.05) is 35.9 Å². The van der Waals surface area contributed by atoms with Crippen molar-refractivity contribution in [3.63, 3.8) is 0 Å². The smallest absolute Gasteiger partial charge is 0.269 e. The molecule has 1 aromatic carbocycles. The van der Waals surface area contributed by atoms with Gasteiger partial charge < -0.3 is 5.32 Å². The molecule has 0 saturated heterocycles. The first kappa shape index (κ1) is 17.5. The zero-order chi connectivity index (χ0) is 19.1. The van der Waals surface area contributed by atoms with E-state index >= 15 is 0 Å². The minimum Gasteiger partial charge on any atom is -0.344 e. The zero-order valence-electron chi connectivity index (χ0n) is 15.7. The number of benzene rings is 1. The Morgan fingerprint density at radius 3 is 2.70 bits per heavy atom. The molecule has 3 aromatic heterocycles. The molecular formula is C20H21N5OS. The molecule has 1 amide bonds. The third-order valence-electron chi connectivity index (χ3n) is 4.73. The van der Waals surface area contributed by atoms with Gasteiger partial charge >= 0.3 is 0 Å². The van der Waals surface area contributed by atoms with E-state index in [1.54, 1.807) is 4.68 Å². The van der Waals surface area contributed by atoms with Crippen LogP contribution in [0.15, 0.2) is 42.0 Å². The third kappa shape index (κ3) is 3.14. The van der Waals surface area contributed by atoms with Crippen molar-refractivity contribution in [2.75, 3.05) is 0 Å². The van der Waals surface area contributed by atoms with E-state index in [1.165, 1.54) is 11.3 Å². The molecule has 7 heteroatoms. The zero-order valence-corrected chi connectivity index (χ0v) is 16.5. The summed E-state index contributed by atoms with van der Waals surface area (Å²) in [6, 6.07) is 8.00. The third-order valence-corrected chi connectivity index (χ3v) is 5.57. The molecule has 0 unspecified atom stereocenters. The highest BCUT2D eigenvalue weighted by Crippen LogP contribution is 2.26. The molecule has 27 heavy (non-hydrogen) atoms. The average Bonchev–Trinajstić information content (AvgIpc) is 3.28. The van der Waals surface area contributed by atoms with Crippen molar-refractivity contribution in [1.29, 1.82) is 0 Å². The average molecular weight is 379 g/mol. The van der Waals surface area contributed by atoms with Gasteiger partial charge in [0.2, 0.25) is 0 Å². The van der Waals surface area contributed by atoms with Crippen molar-refractivity contribution in [2.45, 2.75) is 26.8 Å². The first-order valence-corrected chi connectivity index (χ1v) is 9.65. The monoisotopic (exact) mass is 379 g/mol. The fourth-order valence-corrected chi connectivity index (χ4v) is 4.18. The van der Waals surface area contributed by atoms with E-state index in [0.29, 0.717) is 5.69 Å². The summed E-state index contributed by atoms with van der Waals surface area (Å²) in [6.07, 6.45) is 3.88. The van der Waals surface area contributed by atoms with Crippen LogP contribution in [0, 0.1) is 13.8 Å².